The average molecular weight is 282 g/mol. The van der Waals surface area contributed by atoms with Crippen molar-refractivity contribution in [3.63, 3.8) is 0 Å². The molecule has 0 bridgehead atoms. The Kier molecular flexibility index (Phi) is 9.59. The van der Waals surface area contributed by atoms with Gasteiger partial charge in [-0.05, 0) is 50.1 Å². The van der Waals surface area contributed by atoms with Gasteiger partial charge < -0.3 is 5.32 Å². The lowest BCUT2D eigenvalue weighted by Gasteiger charge is -2.41. The van der Waals surface area contributed by atoms with Crippen molar-refractivity contribution in [2.75, 3.05) is 13.1 Å². The lowest BCUT2D eigenvalue weighted by molar-refractivity contribution is 0.116. The summed E-state index contributed by atoms with van der Waals surface area (Å²) in [5.41, 5.74) is 0.606. The third-order valence-electron chi connectivity index (χ3n) is 5.49. The fourth-order valence-corrected chi connectivity index (χ4v) is 3.89. The van der Waals surface area contributed by atoms with E-state index in [1.807, 2.05) is 0 Å². The van der Waals surface area contributed by atoms with Crippen LogP contribution in [0.5, 0.6) is 0 Å². The Morgan fingerprint density at radius 3 is 2.10 bits per heavy atom. The van der Waals surface area contributed by atoms with Crippen LogP contribution in [0, 0.1) is 11.3 Å². The van der Waals surface area contributed by atoms with Crippen LogP contribution >= 0.6 is 0 Å². The molecular weight excluding hydrogens is 242 g/mol. The highest BCUT2D eigenvalue weighted by Crippen LogP contribution is 2.41. The number of hydrogen-bond donors (Lipinski definition) is 1. The van der Waals surface area contributed by atoms with E-state index in [0.717, 1.165) is 5.92 Å². The predicted octanol–water partition coefficient (Wildman–Crippen LogP) is 5.93. The van der Waals surface area contributed by atoms with Crippen molar-refractivity contribution in [3.05, 3.63) is 0 Å². The second kappa shape index (κ2) is 10.7. The number of hydrogen-bond acceptors (Lipinski definition) is 1. The van der Waals surface area contributed by atoms with Crippen LogP contribution in [0.15, 0.2) is 0 Å². The standard InChI is InChI=1S/C19H39N/c1-4-6-8-9-11-15-19(3,14-10-7-5-2)18-13-12-16-20-17-18/h18,20H,4-17H2,1-3H3. The van der Waals surface area contributed by atoms with Crippen LogP contribution in [-0.4, -0.2) is 13.1 Å². The lowest BCUT2D eigenvalue weighted by Crippen LogP contribution is -2.40. The molecule has 0 saturated carbocycles. The van der Waals surface area contributed by atoms with Crippen molar-refractivity contribution in [1.29, 1.82) is 0 Å². The molecule has 1 fully saturated rings. The first kappa shape index (κ1) is 18.0. The van der Waals surface area contributed by atoms with Crippen molar-refractivity contribution in [1.82, 2.24) is 5.32 Å². The molecule has 0 spiro atoms. The van der Waals surface area contributed by atoms with Crippen molar-refractivity contribution in [2.45, 2.75) is 97.8 Å². The minimum atomic E-state index is 0.606. The maximum Gasteiger partial charge on any atom is -0.00153 e. The van der Waals surface area contributed by atoms with Gasteiger partial charge in [0, 0.05) is 0 Å². The second-order valence-electron chi connectivity index (χ2n) is 7.32. The van der Waals surface area contributed by atoms with E-state index in [1.165, 1.54) is 90.1 Å². The van der Waals surface area contributed by atoms with Crippen LogP contribution in [0.25, 0.3) is 0 Å². The highest BCUT2D eigenvalue weighted by Gasteiger charge is 2.33. The van der Waals surface area contributed by atoms with Crippen LogP contribution in [0.2, 0.25) is 0 Å². The third kappa shape index (κ3) is 6.61. The van der Waals surface area contributed by atoms with Gasteiger partial charge >= 0.3 is 0 Å². The SMILES string of the molecule is CCCCCCCC(C)(CCCCC)C1CCCNC1. The van der Waals surface area contributed by atoms with Gasteiger partial charge in [-0.1, -0.05) is 72.1 Å². The Morgan fingerprint density at radius 2 is 1.50 bits per heavy atom. The Balaban J connectivity index is 2.40. The molecule has 1 aliphatic rings. The predicted molar refractivity (Wildman–Crippen MR) is 91.2 cm³/mol. The van der Waals surface area contributed by atoms with E-state index in [4.69, 9.17) is 0 Å². The second-order valence-corrected chi connectivity index (χ2v) is 7.32. The summed E-state index contributed by atoms with van der Waals surface area (Å²) in [6.07, 6.45) is 17.2. The minimum Gasteiger partial charge on any atom is -0.316 e. The fourth-order valence-electron chi connectivity index (χ4n) is 3.89. The van der Waals surface area contributed by atoms with E-state index in [0.29, 0.717) is 5.41 Å². The van der Waals surface area contributed by atoms with Crippen LogP contribution in [0.3, 0.4) is 0 Å². The van der Waals surface area contributed by atoms with Crippen molar-refractivity contribution in [3.8, 4) is 0 Å². The first-order valence-electron chi connectivity index (χ1n) is 9.43. The molecule has 0 aliphatic carbocycles. The first-order valence-corrected chi connectivity index (χ1v) is 9.43. The van der Waals surface area contributed by atoms with Crippen LogP contribution in [0.1, 0.15) is 97.8 Å². The molecule has 1 rings (SSSR count). The van der Waals surface area contributed by atoms with Crippen LogP contribution in [0.4, 0.5) is 0 Å². The van der Waals surface area contributed by atoms with E-state index < -0.39 is 0 Å². The van der Waals surface area contributed by atoms with E-state index in [1.54, 1.807) is 0 Å². The van der Waals surface area contributed by atoms with Gasteiger partial charge in [0.25, 0.3) is 0 Å². The summed E-state index contributed by atoms with van der Waals surface area (Å²) in [6, 6.07) is 0. The highest BCUT2D eigenvalue weighted by molar-refractivity contribution is 4.86. The summed E-state index contributed by atoms with van der Waals surface area (Å²) in [5.74, 6) is 0.930. The Morgan fingerprint density at radius 1 is 0.900 bits per heavy atom. The molecule has 120 valence electrons. The lowest BCUT2D eigenvalue weighted by atomic mass is 9.67. The molecular formula is C19H39N. The monoisotopic (exact) mass is 281 g/mol. The smallest absolute Gasteiger partial charge is 0.00153 e. The third-order valence-corrected chi connectivity index (χ3v) is 5.49. The molecule has 1 saturated heterocycles. The number of unbranched alkanes of at least 4 members (excludes halogenated alkanes) is 6. The molecule has 1 nitrogen and oxygen atoms in total. The molecule has 0 radical (unpaired) electrons. The molecule has 1 heteroatoms. The molecule has 2 atom stereocenters. The summed E-state index contributed by atoms with van der Waals surface area (Å²) < 4.78 is 0. The molecule has 2 unspecified atom stereocenters. The van der Waals surface area contributed by atoms with E-state index in [9.17, 15) is 0 Å². The minimum absolute atomic E-state index is 0.606. The summed E-state index contributed by atoms with van der Waals surface area (Å²) in [4.78, 5) is 0. The largest absolute Gasteiger partial charge is 0.316 e. The zero-order valence-electron chi connectivity index (χ0n) is 14.5. The number of nitrogens with one attached hydrogen (secondary N) is 1. The molecule has 0 amide bonds. The molecule has 0 aromatic carbocycles. The topological polar surface area (TPSA) is 12.0 Å². The quantitative estimate of drug-likeness (QED) is 0.463. The fraction of sp³-hybridized carbons (Fsp3) is 1.00. The van der Waals surface area contributed by atoms with Gasteiger partial charge in [-0.25, -0.2) is 0 Å². The van der Waals surface area contributed by atoms with Crippen LogP contribution in [-0.2, 0) is 0 Å². The maximum atomic E-state index is 3.64. The maximum absolute atomic E-state index is 3.64. The molecule has 1 N–H and O–H groups in total. The number of rotatable bonds is 11. The summed E-state index contributed by atoms with van der Waals surface area (Å²) in [5, 5.41) is 3.64. The van der Waals surface area contributed by atoms with E-state index >= 15 is 0 Å². The van der Waals surface area contributed by atoms with Gasteiger partial charge in [0.2, 0.25) is 0 Å². The van der Waals surface area contributed by atoms with E-state index in [2.05, 4.69) is 26.1 Å². The zero-order valence-corrected chi connectivity index (χ0v) is 14.5. The molecule has 20 heavy (non-hydrogen) atoms. The Bertz CT molecular complexity index is 220. The molecule has 1 aliphatic heterocycles. The van der Waals surface area contributed by atoms with Crippen LogP contribution < -0.4 is 5.32 Å². The van der Waals surface area contributed by atoms with Gasteiger partial charge in [-0.15, -0.1) is 0 Å². The van der Waals surface area contributed by atoms with Gasteiger partial charge in [-0.3, -0.25) is 0 Å². The van der Waals surface area contributed by atoms with Crippen molar-refractivity contribution < 1.29 is 0 Å². The number of piperidine rings is 1. The Labute approximate surface area is 128 Å². The van der Waals surface area contributed by atoms with Gasteiger partial charge in [0.05, 0.1) is 0 Å². The normalized spacial score (nSPS) is 22.6. The molecule has 0 aromatic rings. The average Bonchev–Trinajstić information content (AvgIpc) is 2.48. The molecule has 1 heterocycles. The van der Waals surface area contributed by atoms with Crippen molar-refractivity contribution >= 4 is 0 Å². The summed E-state index contributed by atoms with van der Waals surface area (Å²) in [7, 11) is 0. The van der Waals surface area contributed by atoms with Gasteiger partial charge in [-0.2, -0.15) is 0 Å². The molecule has 0 aromatic heterocycles. The first-order chi connectivity index (χ1) is 9.73. The van der Waals surface area contributed by atoms with Gasteiger partial charge in [0.15, 0.2) is 0 Å². The Hall–Kier alpha value is -0.0400. The summed E-state index contributed by atoms with van der Waals surface area (Å²) >= 11 is 0. The van der Waals surface area contributed by atoms with Gasteiger partial charge in [0.1, 0.15) is 0 Å². The zero-order chi connectivity index (χ0) is 14.7. The van der Waals surface area contributed by atoms with E-state index in [-0.39, 0.29) is 0 Å². The van der Waals surface area contributed by atoms with Crippen molar-refractivity contribution in [2.24, 2.45) is 11.3 Å². The summed E-state index contributed by atoms with van der Waals surface area (Å²) in [6.45, 7) is 9.75. The highest BCUT2D eigenvalue weighted by atomic mass is 14.9.